The van der Waals surface area contributed by atoms with Gasteiger partial charge in [-0.05, 0) is 43.5 Å². The standard InChI is InChI=1S/C22H26N4O2/c1-3-26-18-11-7-5-9-15(18)13-19(26)17-14-21(25-24-17)23-22(27)16-10-6-8-12-20(16)28-4-2/h5-13,17,21,24-25H,3-4,14H2,1-2H3,(H,23,27). The summed E-state index contributed by atoms with van der Waals surface area (Å²) in [5, 5.41) is 4.30. The summed E-state index contributed by atoms with van der Waals surface area (Å²) in [7, 11) is 0. The van der Waals surface area contributed by atoms with Crippen LogP contribution in [0.3, 0.4) is 0 Å². The number of hydrogen-bond donors (Lipinski definition) is 3. The zero-order valence-electron chi connectivity index (χ0n) is 16.2. The number of nitrogens with zero attached hydrogens (tertiary/aromatic N) is 1. The lowest BCUT2D eigenvalue weighted by Gasteiger charge is -2.15. The molecule has 3 N–H and O–H groups in total. The molecule has 0 bridgehead atoms. The van der Waals surface area contributed by atoms with Crippen molar-refractivity contribution < 1.29 is 9.53 Å². The number of hydrogen-bond acceptors (Lipinski definition) is 4. The number of benzene rings is 2. The highest BCUT2D eigenvalue weighted by atomic mass is 16.5. The van der Waals surface area contributed by atoms with Crippen molar-refractivity contribution in [3.63, 3.8) is 0 Å². The molecule has 2 heterocycles. The number of hydrazine groups is 1. The first kappa shape index (κ1) is 18.5. The second-order valence-electron chi connectivity index (χ2n) is 6.90. The summed E-state index contributed by atoms with van der Waals surface area (Å²) in [4.78, 5) is 12.7. The minimum absolute atomic E-state index is 0.125. The third kappa shape index (κ3) is 3.48. The van der Waals surface area contributed by atoms with Crippen LogP contribution in [-0.2, 0) is 6.54 Å². The maximum atomic E-state index is 12.7. The first-order valence-electron chi connectivity index (χ1n) is 9.83. The summed E-state index contributed by atoms with van der Waals surface area (Å²) in [6.07, 6.45) is 0.606. The molecule has 0 saturated carbocycles. The third-order valence-electron chi connectivity index (χ3n) is 5.16. The molecule has 1 aliphatic rings. The molecule has 1 aliphatic heterocycles. The van der Waals surface area contributed by atoms with E-state index in [2.05, 4.69) is 58.0 Å². The summed E-state index contributed by atoms with van der Waals surface area (Å²) in [6.45, 7) is 5.49. The van der Waals surface area contributed by atoms with E-state index in [-0.39, 0.29) is 18.1 Å². The van der Waals surface area contributed by atoms with E-state index in [1.807, 2.05) is 25.1 Å². The molecule has 1 fully saturated rings. The fourth-order valence-corrected chi connectivity index (χ4v) is 3.89. The highest BCUT2D eigenvalue weighted by Gasteiger charge is 2.29. The van der Waals surface area contributed by atoms with Gasteiger partial charge in [0.1, 0.15) is 5.75 Å². The van der Waals surface area contributed by atoms with E-state index < -0.39 is 0 Å². The molecule has 0 radical (unpaired) electrons. The van der Waals surface area contributed by atoms with Gasteiger partial charge < -0.3 is 14.6 Å². The normalized spacial score (nSPS) is 19.1. The van der Waals surface area contributed by atoms with Crippen LogP contribution in [0.2, 0.25) is 0 Å². The second kappa shape index (κ2) is 8.04. The van der Waals surface area contributed by atoms with Crippen LogP contribution in [0.1, 0.15) is 42.4 Å². The zero-order chi connectivity index (χ0) is 19.5. The molecule has 2 atom stereocenters. The Morgan fingerprint density at radius 3 is 2.75 bits per heavy atom. The van der Waals surface area contributed by atoms with Gasteiger partial charge in [0.05, 0.1) is 24.4 Å². The Kier molecular flexibility index (Phi) is 5.32. The summed E-state index contributed by atoms with van der Waals surface area (Å²) in [5.74, 6) is 0.469. The molecule has 1 amide bonds. The van der Waals surface area contributed by atoms with Gasteiger partial charge in [0.25, 0.3) is 5.91 Å². The van der Waals surface area contributed by atoms with Crippen molar-refractivity contribution in [3.8, 4) is 5.75 Å². The summed E-state index contributed by atoms with van der Waals surface area (Å²) >= 11 is 0. The van der Waals surface area contributed by atoms with Crippen molar-refractivity contribution in [2.24, 2.45) is 0 Å². The molecule has 28 heavy (non-hydrogen) atoms. The average molecular weight is 378 g/mol. The van der Waals surface area contributed by atoms with Gasteiger partial charge >= 0.3 is 0 Å². The van der Waals surface area contributed by atoms with E-state index in [9.17, 15) is 4.79 Å². The van der Waals surface area contributed by atoms with E-state index in [0.717, 1.165) is 13.0 Å². The monoisotopic (exact) mass is 378 g/mol. The van der Waals surface area contributed by atoms with Gasteiger partial charge in [0, 0.05) is 24.2 Å². The van der Waals surface area contributed by atoms with Crippen molar-refractivity contribution in [3.05, 3.63) is 65.9 Å². The van der Waals surface area contributed by atoms with Crippen LogP contribution >= 0.6 is 0 Å². The van der Waals surface area contributed by atoms with Crippen molar-refractivity contribution in [1.82, 2.24) is 20.7 Å². The maximum Gasteiger partial charge on any atom is 0.256 e. The minimum Gasteiger partial charge on any atom is -0.493 e. The molecule has 1 aromatic heterocycles. The molecule has 2 aromatic carbocycles. The summed E-state index contributed by atoms with van der Waals surface area (Å²) < 4.78 is 7.90. The highest BCUT2D eigenvalue weighted by molar-refractivity contribution is 5.97. The van der Waals surface area contributed by atoms with Crippen LogP contribution < -0.4 is 20.9 Å². The molecule has 6 heteroatoms. The fourth-order valence-electron chi connectivity index (χ4n) is 3.89. The number of carbonyl (C=O) groups excluding carboxylic acids is 1. The SMILES string of the molecule is CCOc1ccccc1C(=O)NC1CC(c2cc3ccccc3n2CC)NN1. The summed E-state index contributed by atoms with van der Waals surface area (Å²) in [6, 6.07) is 18.1. The molecule has 0 spiro atoms. The predicted octanol–water partition coefficient (Wildman–Crippen LogP) is 3.36. The minimum atomic E-state index is -0.157. The van der Waals surface area contributed by atoms with Crippen LogP contribution in [0.5, 0.6) is 5.75 Å². The van der Waals surface area contributed by atoms with Crippen LogP contribution in [0.15, 0.2) is 54.6 Å². The van der Waals surface area contributed by atoms with Gasteiger partial charge in [-0.3, -0.25) is 4.79 Å². The van der Waals surface area contributed by atoms with Crippen LogP contribution in [-0.4, -0.2) is 23.2 Å². The molecule has 146 valence electrons. The smallest absolute Gasteiger partial charge is 0.256 e. The zero-order valence-corrected chi connectivity index (χ0v) is 16.2. The van der Waals surface area contributed by atoms with E-state index in [1.54, 1.807) is 6.07 Å². The Labute approximate surface area is 164 Å². The number of carbonyl (C=O) groups is 1. The number of fused-ring (bicyclic) bond motifs is 1. The molecular formula is C22H26N4O2. The lowest BCUT2D eigenvalue weighted by molar-refractivity contribution is 0.0928. The molecular weight excluding hydrogens is 352 g/mol. The van der Waals surface area contributed by atoms with Crippen molar-refractivity contribution in [1.29, 1.82) is 0 Å². The van der Waals surface area contributed by atoms with E-state index in [0.29, 0.717) is 17.9 Å². The highest BCUT2D eigenvalue weighted by Crippen LogP contribution is 2.28. The van der Waals surface area contributed by atoms with E-state index >= 15 is 0 Å². The van der Waals surface area contributed by atoms with Crippen molar-refractivity contribution in [2.45, 2.75) is 39.0 Å². The van der Waals surface area contributed by atoms with Crippen LogP contribution in [0, 0.1) is 0 Å². The largest absolute Gasteiger partial charge is 0.493 e. The van der Waals surface area contributed by atoms with E-state index in [1.165, 1.54) is 16.6 Å². The quantitative estimate of drug-likeness (QED) is 0.615. The lowest BCUT2D eigenvalue weighted by Crippen LogP contribution is -2.44. The number of nitrogens with one attached hydrogen (secondary N) is 3. The van der Waals surface area contributed by atoms with Crippen molar-refractivity contribution in [2.75, 3.05) is 6.61 Å². The number of aromatic nitrogens is 1. The Balaban J connectivity index is 1.49. The topological polar surface area (TPSA) is 67.3 Å². The first-order valence-corrected chi connectivity index (χ1v) is 9.83. The van der Waals surface area contributed by atoms with Gasteiger partial charge in [-0.15, -0.1) is 0 Å². The Bertz CT molecular complexity index is 982. The first-order chi connectivity index (χ1) is 13.7. The molecule has 4 rings (SSSR count). The Morgan fingerprint density at radius 2 is 1.93 bits per heavy atom. The molecule has 3 aromatic rings. The lowest BCUT2D eigenvalue weighted by atomic mass is 10.1. The number of rotatable bonds is 6. The van der Waals surface area contributed by atoms with Gasteiger partial charge in [-0.2, -0.15) is 0 Å². The number of ether oxygens (including phenoxy) is 1. The van der Waals surface area contributed by atoms with Crippen LogP contribution in [0.25, 0.3) is 10.9 Å². The number of para-hydroxylation sites is 2. The third-order valence-corrected chi connectivity index (χ3v) is 5.16. The van der Waals surface area contributed by atoms with Gasteiger partial charge in [-0.25, -0.2) is 10.9 Å². The Morgan fingerprint density at radius 1 is 1.14 bits per heavy atom. The number of aryl methyl sites for hydroxylation is 1. The average Bonchev–Trinajstić information content (AvgIpc) is 3.32. The van der Waals surface area contributed by atoms with Gasteiger partial charge in [0.15, 0.2) is 0 Å². The Hall–Kier alpha value is -2.83. The maximum absolute atomic E-state index is 12.7. The molecule has 6 nitrogen and oxygen atoms in total. The van der Waals surface area contributed by atoms with E-state index in [4.69, 9.17) is 4.74 Å². The summed E-state index contributed by atoms with van der Waals surface area (Å²) in [5.41, 5.74) is 9.57. The second-order valence-corrected chi connectivity index (χ2v) is 6.90. The molecule has 0 aliphatic carbocycles. The van der Waals surface area contributed by atoms with Crippen molar-refractivity contribution >= 4 is 16.8 Å². The van der Waals surface area contributed by atoms with Crippen LogP contribution in [0.4, 0.5) is 0 Å². The predicted molar refractivity (Wildman–Crippen MR) is 110 cm³/mol. The fraction of sp³-hybridized carbons (Fsp3) is 0.318. The van der Waals surface area contributed by atoms with Gasteiger partial charge in [0.2, 0.25) is 0 Å². The number of amides is 1. The molecule has 2 unspecified atom stereocenters. The van der Waals surface area contributed by atoms with Gasteiger partial charge in [-0.1, -0.05) is 30.3 Å². The molecule has 1 saturated heterocycles.